The van der Waals surface area contributed by atoms with Crippen LogP contribution in [-0.4, -0.2) is 48.3 Å². The number of carbonyl (C=O) groups is 1. The van der Waals surface area contributed by atoms with Gasteiger partial charge in [0.2, 0.25) is 0 Å². The van der Waals surface area contributed by atoms with E-state index in [0.29, 0.717) is 37.4 Å². The highest BCUT2D eigenvalue weighted by Crippen LogP contribution is 2.42. The predicted octanol–water partition coefficient (Wildman–Crippen LogP) is 3.29. The van der Waals surface area contributed by atoms with Gasteiger partial charge in [0.05, 0.1) is 26.2 Å². The number of hydrogen-bond donors (Lipinski definition) is 1. The monoisotopic (exact) mass is 370 g/mol. The molecule has 1 saturated heterocycles. The SMILES string of the molecule is COc1cccc(C(c2ccncc2C)N2CCC(C(=O)O)CC2)c1OC. The van der Waals surface area contributed by atoms with Crippen LogP contribution in [0.25, 0.3) is 0 Å². The van der Waals surface area contributed by atoms with Gasteiger partial charge in [0.25, 0.3) is 0 Å². The fraction of sp³-hybridized carbons (Fsp3) is 0.429. The van der Waals surface area contributed by atoms with Crippen molar-refractivity contribution in [3.05, 3.63) is 53.3 Å². The number of para-hydroxylation sites is 1. The molecule has 6 heteroatoms. The number of likely N-dealkylation sites (tertiary alicyclic amines) is 1. The highest BCUT2D eigenvalue weighted by Gasteiger charge is 2.32. The summed E-state index contributed by atoms with van der Waals surface area (Å²) < 4.78 is 11.2. The third-order valence-corrected chi connectivity index (χ3v) is 5.33. The molecule has 6 nitrogen and oxygen atoms in total. The van der Waals surface area contributed by atoms with E-state index in [9.17, 15) is 9.90 Å². The third kappa shape index (κ3) is 3.90. The Morgan fingerprint density at radius 2 is 1.93 bits per heavy atom. The fourth-order valence-corrected chi connectivity index (χ4v) is 3.88. The van der Waals surface area contributed by atoms with Crippen LogP contribution < -0.4 is 9.47 Å². The minimum absolute atomic E-state index is 0.0483. The molecule has 1 aliphatic rings. The second-order valence-corrected chi connectivity index (χ2v) is 6.87. The van der Waals surface area contributed by atoms with Crippen LogP contribution in [0.3, 0.4) is 0 Å². The van der Waals surface area contributed by atoms with Gasteiger partial charge in [-0.05, 0) is 56.1 Å². The van der Waals surface area contributed by atoms with Crippen LogP contribution in [-0.2, 0) is 4.79 Å². The van der Waals surface area contributed by atoms with Gasteiger partial charge >= 0.3 is 5.97 Å². The molecule has 27 heavy (non-hydrogen) atoms. The van der Waals surface area contributed by atoms with Crippen molar-refractivity contribution in [2.75, 3.05) is 27.3 Å². The van der Waals surface area contributed by atoms with Crippen LogP contribution in [0.4, 0.5) is 0 Å². The maximum Gasteiger partial charge on any atom is 0.306 e. The Kier molecular flexibility index (Phi) is 5.96. The molecule has 1 unspecified atom stereocenters. The summed E-state index contributed by atoms with van der Waals surface area (Å²) in [5, 5.41) is 9.33. The average molecular weight is 370 g/mol. The number of nitrogens with zero attached hydrogens (tertiary/aromatic N) is 2. The van der Waals surface area contributed by atoms with E-state index < -0.39 is 5.97 Å². The number of aryl methyl sites for hydroxylation is 1. The zero-order valence-electron chi connectivity index (χ0n) is 16.0. The van der Waals surface area contributed by atoms with E-state index in [0.717, 1.165) is 16.7 Å². The zero-order valence-corrected chi connectivity index (χ0v) is 16.0. The number of rotatable bonds is 6. The average Bonchev–Trinajstić information content (AvgIpc) is 2.69. The Morgan fingerprint density at radius 3 is 2.52 bits per heavy atom. The van der Waals surface area contributed by atoms with Gasteiger partial charge in [0.1, 0.15) is 0 Å². The lowest BCUT2D eigenvalue weighted by atomic mass is 9.89. The van der Waals surface area contributed by atoms with Gasteiger partial charge in [0.15, 0.2) is 11.5 Å². The van der Waals surface area contributed by atoms with Gasteiger partial charge in [-0.15, -0.1) is 0 Å². The van der Waals surface area contributed by atoms with Crippen molar-refractivity contribution in [1.82, 2.24) is 9.88 Å². The molecule has 1 aromatic carbocycles. The molecule has 1 aliphatic heterocycles. The molecule has 0 aliphatic carbocycles. The quantitative estimate of drug-likeness (QED) is 0.841. The van der Waals surface area contributed by atoms with E-state index in [1.165, 1.54) is 0 Å². The molecule has 0 radical (unpaired) electrons. The number of carboxylic acids is 1. The molecule has 0 spiro atoms. The summed E-state index contributed by atoms with van der Waals surface area (Å²) in [6.45, 7) is 3.47. The minimum atomic E-state index is -0.703. The molecular formula is C21H26N2O4. The van der Waals surface area contributed by atoms with E-state index >= 15 is 0 Å². The lowest BCUT2D eigenvalue weighted by Gasteiger charge is -2.38. The van der Waals surface area contributed by atoms with Crippen molar-refractivity contribution in [2.45, 2.75) is 25.8 Å². The molecule has 0 bridgehead atoms. The maximum atomic E-state index is 11.3. The Labute approximate surface area is 159 Å². The van der Waals surface area contributed by atoms with Crippen molar-refractivity contribution in [1.29, 1.82) is 0 Å². The normalized spacial score (nSPS) is 16.7. The smallest absolute Gasteiger partial charge is 0.306 e. The number of aromatic nitrogens is 1. The molecule has 144 valence electrons. The summed E-state index contributed by atoms with van der Waals surface area (Å²) in [4.78, 5) is 17.9. The number of carboxylic acid groups (broad SMARTS) is 1. The summed E-state index contributed by atoms with van der Waals surface area (Å²) in [7, 11) is 3.28. The minimum Gasteiger partial charge on any atom is -0.493 e. The van der Waals surface area contributed by atoms with Gasteiger partial charge in [0, 0.05) is 18.0 Å². The fourth-order valence-electron chi connectivity index (χ4n) is 3.88. The van der Waals surface area contributed by atoms with Crippen molar-refractivity contribution < 1.29 is 19.4 Å². The van der Waals surface area contributed by atoms with Crippen molar-refractivity contribution in [3.63, 3.8) is 0 Å². The molecule has 2 aromatic rings. The number of aliphatic carboxylic acids is 1. The first-order chi connectivity index (χ1) is 13.1. The number of piperidine rings is 1. The van der Waals surface area contributed by atoms with Gasteiger partial charge in [-0.3, -0.25) is 14.7 Å². The number of pyridine rings is 1. The highest BCUT2D eigenvalue weighted by molar-refractivity contribution is 5.70. The topological polar surface area (TPSA) is 71.9 Å². The van der Waals surface area contributed by atoms with Gasteiger partial charge in [-0.1, -0.05) is 12.1 Å². The molecule has 0 amide bonds. The molecule has 3 rings (SSSR count). The van der Waals surface area contributed by atoms with Gasteiger partial charge in [-0.2, -0.15) is 0 Å². The van der Waals surface area contributed by atoms with Crippen molar-refractivity contribution in [2.24, 2.45) is 5.92 Å². The summed E-state index contributed by atoms with van der Waals surface area (Å²) in [6.07, 6.45) is 4.94. The van der Waals surface area contributed by atoms with Gasteiger partial charge in [-0.25, -0.2) is 0 Å². The van der Waals surface area contributed by atoms with Crippen LogP contribution >= 0.6 is 0 Å². The maximum absolute atomic E-state index is 11.3. The van der Waals surface area contributed by atoms with Crippen LogP contribution in [0.2, 0.25) is 0 Å². The number of hydrogen-bond acceptors (Lipinski definition) is 5. The summed E-state index contributed by atoms with van der Waals surface area (Å²) >= 11 is 0. The standard InChI is InChI=1S/C21H26N2O4/c1-14-13-22-10-7-16(14)19(23-11-8-15(9-12-23)21(24)25)17-5-4-6-18(26-2)20(17)27-3/h4-7,10,13,15,19H,8-9,11-12H2,1-3H3,(H,24,25). The third-order valence-electron chi connectivity index (χ3n) is 5.33. The molecule has 1 aromatic heterocycles. The van der Waals surface area contributed by atoms with Crippen molar-refractivity contribution >= 4 is 5.97 Å². The molecule has 0 saturated carbocycles. The van der Waals surface area contributed by atoms with E-state index in [2.05, 4.69) is 16.0 Å². The van der Waals surface area contributed by atoms with Crippen LogP contribution in [0.15, 0.2) is 36.7 Å². The summed E-state index contributed by atoms with van der Waals surface area (Å²) in [5.41, 5.74) is 3.25. The molecule has 1 atom stereocenters. The number of benzene rings is 1. The lowest BCUT2D eigenvalue weighted by molar-refractivity contribution is -0.143. The van der Waals surface area contributed by atoms with E-state index in [1.807, 2.05) is 31.3 Å². The summed E-state index contributed by atoms with van der Waals surface area (Å²) in [6, 6.07) is 7.88. The highest BCUT2D eigenvalue weighted by atomic mass is 16.5. The Bertz CT molecular complexity index is 801. The molecule has 1 N–H and O–H groups in total. The number of ether oxygens (including phenoxy) is 2. The molecule has 2 heterocycles. The predicted molar refractivity (Wildman–Crippen MR) is 102 cm³/mol. The Hall–Kier alpha value is -2.60. The number of methoxy groups -OCH3 is 2. The lowest BCUT2D eigenvalue weighted by Crippen LogP contribution is -2.39. The van der Waals surface area contributed by atoms with E-state index in [-0.39, 0.29) is 12.0 Å². The second-order valence-electron chi connectivity index (χ2n) is 6.87. The zero-order chi connectivity index (χ0) is 19.4. The first kappa shape index (κ1) is 19.2. The van der Waals surface area contributed by atoms with E-state index in [4.69, 9.17) is 9.47 Å². The summed E-state index contributed by atoms with van der Waals surface area (Å²) in [5.74, 6) is 0.423. The van der Waals surface area contributed by atoms with Crippen LogP contribution in [0, 0.1) is 12.8 Å². The van der Waals surface area contributed by atoms with E-state index in [1.54, 1.807) is 20.4 Å². The van der Waals surface area contributed by atoms with Gasteiger partial charge < -0.3 is 14.6 Å². The first-order valence-corrected chi connectivity index (χ1v) is 9.15. The van der Waals surface area contributed by atoms with Crippen molar-refractivity contribution in [3.8, 4) is 11.5 Å². The Morgan fingerprint density at radius 1 is 1.19 bits per heavy atom. The second kappa shape index (κ2) is 8.39. The van der Waals surface area contributed by atoms with Crippen LogP contribution in [0.1, 0.15) is 35.6 Å². The largest absolute Gasteiger partial charge is 0.493 e. The molecule has 1 fully saturated rings. The molecular weight excluding hydrogens is 344 g/mol. The first-order valence-electron chi connectivity index (χ1n) is 9.15. The Balaban J connectivity index is 2.05. The van der Waals surface area contributed by atoms with Crippen LogP contribution in [0.5, 0.6) is 11.5 Å².